The van der Waals surface area contributed by atoms with E-state index in [1.807, 2.05) is 18.2 Å². The van der Waals surface area contributed by atoms with E-state index in [1.165, 1.54) is 11.8 Å². The van der Waals surface area contributed by atoms with E-state index in [0.717, 1.165) is 9.92 Å². The molecule has 0 aliphatic rings. The van der Waals surface area contributed by atoms with Crippen molar-refractivity contribution in [2.45, 2.75) is 9.92 Å². The highest BCUT2D eigenvalue weighted by Gasteiger charge is 1.97. The zero-order chi connectivity index (χ0) is 9.80. The molecule has 4 heteroatoms. The lowest BCUT2D eigenvalue weighted by molar-refractivity contribution is 1.13. The molecule has 0 fully saturated rings. The third kappa shape index (κ3) is 2.23. The highest BCUT2D eigenvalue weighted by Crippen LogP contribution is 2.24. The van der Waals surface area contributed by atoms with Gasteiger partial charge in [0.25, 0.3) is 0 Å². The summed E-state index contributed by atoms with van der Waals surface area (Å²) in [5, 5.41) is 0.903. The number of anilines is 1. The molecule has 3 nitrogen and oxygen atoms in total. The summed E-state index contributed by atoms with van der Waals surface area (Å²) < 4.78 is 0. The second-order valence-electron chi connectivity index (χ2n) is 2.65. The topological polar surface area (TPSA) is 51.8 Å². The number of nitrogens with two attached hydrogens (primary N) is 1. The summed E-state index contributed by atoms with van der Waals surface area (Å²) in [7, 11) is 0. The summed E-state index contributed by atoms with van der Waals surface area (Å²) >= 11 is 1.54. The summed E-state index contributed by atoms with van der Waals surface area (Å²) in [6, 6.07) is 8.49. The maximum absolute atomic E-state index is 5.53. The summed E-state index contributed by atoms with van der Waals surface area (Å²) in [6.07, 6.45) is 5.04. The first-order chi connectivity index (χ1) is 6.84. The molecule has 0 aliphatic heterocycles. The van der Waals surface area contributed by atoms with Gasteiger partial charge >= 0.3 is 0 Å². The van der Waals surface area contributed by atoms with Crippen molar-refractivity contribution >= 4 is 17.4 Å². The molecule has 14 heavy (non-hydrogen) atoms. The summed E-state index contributed by atoms with van der Waals surface area (Å²) in [4.78, 5) is 9.16. The standard InChI is InChI=1S/C10H8N3S/c11-8-3-4-10(13-6-8)14-9-2-1-5-12-7-9/h2-7H,11H2. The van der Waals surface area contributed by atoms with Crippen molar-refractivity contribution in [1.29, 1.82) is 0 Å². The van der Waals surface area contributed by atoms with E-state index in [4.69, 9.17) is 5.73 Å². The quantitative estimate of drug-likeness (QED) is 0.809. The van der Waals surface area contributed by atoms with Crippen molar-refractivity contribution in [2.24, 2.45) is 0 Å². The maximum atomic E-state index is 5.53. The van der Waals surface area contributed by atoms with E-state index in [9.17, 15) is 0 Å². The Kier molecular flexibility index (Phi) is 2.65. The van der Waals surface area contributed by atoms with Crippen LogP contribution in [0.3, 0.4) is 0 Å². The molecular formula is C10H8N3S. The van der Waals surface area contributed by atoms with Crippen molar-refractivity contribution in [3.05, 3.63) is 42.9 Å². The molecule has 2 aromatic heterocycles. The first kappa shape index (κ1) is 9.02. The molecule has 0 amide bonds. The second-order valence-corrected chi connectivity index (χ2v) is 3.75. The van der Waals surface area contributed by atoms with Crippen molar-refractivity contribution in [1.82, 2.24) is 9.97 Å². The third-order valence-electron chi connectivity index (χ3n) is 1.56. The van der Waals surface area contributed by atoms with E-state index < -0.39 is 0 Å². The fourth-order valence-electron chi connectivity index (χ4n) is 0.939. The Hall–Kier alpha value is -1.55. The van der Waals surface area contributed by atoms with Crippen molar-refractivity contribution < 1.29 is 0 Å². The molecule has 0 atom stereocenters. The number of nitrogens with zero attached hydrogens (tertiary/aromatic N) is 2. The first-order valence-electron chi connectivity index (χ1n) is 4.05. The molecule has 0 aromatic carbocycles. The minimum absolute atomic E-state index is 0.673. The van der Waals surface area contributed by atoms with Gasteiger partial charge in [-0.25, -0.2) is 4.98 Å². The van der Waals surface area contributed by atoms with Crippen LogP contribution < -0.4 is 5.73 Å². The Morgan fingerprint density at radius 2 is 2.21 bits per heavy atom. The van der Waals surface area contributed by atoms with Crippen molar-refractivity contribution in [2.75, 3.05) is 5.73 Å². The van der Waals surface area contributed by atoms with Crippen LogP contribution in [0.1, 0.15) is 0 Å². The highest BCUT2D eigenvalue weighted by molar-refractivity contribution is 7.99. The Balaban J connectivity index is 2.16. The van der Waals surface area contributed by atoms with Crippen molar-refractivity contribution in [3.8, 4) is 0 Å². The van der Waals surface area contributed by atoms with Crippen LogP contribution in [0.5, 0.6) is 0 Å². The van der Waals surface area contributed by atoms with Gasteiger partial charge in [-0.05, 0) is 18.2 Å². The average molecular weight is 202 g/mol. The Labute approximate surface area is 86.4 Å². The Morgan fingerprint density at radius 1 is 1.29 bits per heavy atom. The molecule has 0 spiro atoms. The van der Waals surface area contributed by atoms with Crippen LogP contribution >= 0.6 is 11.8 Å². The maximum Gasteiger partial charge on any atom is 0.101 e. The van der Waals surface area contributed by atoms with Gasteiger partial charge in [0.1, 0.15) is 5.03 Å². The van der Waals surface area contributed by atoms with Gasteiger partial charge in [-0.15, -0.1) is 0 Å². The molecule has 0 saturated carbocycles. The normalized spacial score (nSPS) is 10.0. The van der Waals surface area contributed by atoms with Gasteiger partial charge in [0.05, 0.1) is 11.9 Å². The molecule has 0 aliphatic carbocycles. The first-order valence-corrected chi connectivity index (χ1v) is 4.87. The van der Waals surface area contributed by atoms with E-state index in [0.29, 0.717) is 5.69 Å². The lowest BCUT2D eigenvalue weighted by Crippen LogP contribution is -1.86. The molecule has 0 unspecified atom stereocenters. The fourth-order valence-corrected chi connectivity index (χ4v) is 1.66. The SMILES string of the molecule is Nc1ccc(Sc2c[c]cnc2)nc1. The monoisotopic (exact) mass is 202 g/mol. The van der Waals surface area contributed by atoms with E-state index in [2.05, 4.69) is 16.0 Å². The van der Waals surface area contributed by atoms with Gasteiger partial charge in [-0.1, -0.05) is 11.8 Å². The van der Waals surface area contributed by atoms with Gasteiger partial charge < -0.3 is 5.73 Å². The predicted octanol–water partition coefficient (Wildman–Crippen LogP) is 2.01. The molecule has 2 heterocycles. The van der Waals surface area contributed by atoms with E-state index >= 15 is 0 Å². The van der Waals surface area contributed by atoms with Gasteiger partial charge in [0.2, 0.25) is 0 Å². The minimum atomic E-state index is 0.673. The lowest BCUT2D eigenvalue weighted by atomic mass is 10.4. The highest BCUT2D eigenvalue weighted by atomic mass is 32.2. The van der Waals surface area contributed by atoms with E-state index in [1.54, 1.807) is 18.6 Å². The van der Waals surface area contributed by atoms with Gasteiger partial charge in [0.15, 0.2) is 0 Å². The molecule has 0 bridgehead atoms. The average Bonchev–Trinajstić information content (AvgIpc) is 2.23. The molecule has 2 aromatic rings. The zero-order valence-corrected chi connectivity index (χ0v) is 8.16. The van der Waals surface area contributed by atoms with Gasteiger partial charge in [0, 0.05) is 23.4 Å². The molecule has 2 N–H and O–H groups in total. The zero-order valence-electron chi connectivity index (χ0n) is 7.34. The third-order valence-corrected chi connectivity index (χ3v) is 2.47. The van der Waals surface area contributed by atoms with Crippen LogP contribution in [0.2, 0.25) is 0 Å². The van der Waals surface area contributed by atoms with Gasteiger partial charge in [-0.3, -0.25) is 4.98 Å². The number of hydrogen-bond acceptors (Lipinski definition) is 4. The summed E-state index contributed by atoms with van der Waals surface area (Å²) in [6.45, 7) is 0. The predicted molar refractivity (Wildman–Crippen MR) is 55.8 cm³/mol. The van der Waals surface area contributed by atoms with Crippen LogP contribution in [0.25, 0.3) is 0 Å². The second kappa shape index (κ2) is 4.11. The molecule has 2 rings (SSSR count). The molecular weight excluding hydrogens is 194 g/mol. The number of nitrogen functional groups attached to an aromatic ring is 1. The van der Waals surface area contributed by atoms with Crippen LogP contribution in [-0.4, -0.2) is 9.97 Å². The Morgan fingerprint density at radius 3 is 2.86 bits per heavy atom. The van der Waals surface area contributed by atoms with Crippen LogP contribution in [0.15, 0.2) is 46.7 Å². The largest absolute Gasteiger partial charge is 0.397 e. The number of hydrogen-bond donors (Lipinski definition) is 1. The van der Waals surface area contributed by atoms with Crippen LogP contribution in [0.4, 0.5) is 5.69 Å². The lowest BCUT2D eigenvalue weighted by Gasteiger charge is -1.99. The Bertz CT molecular complexity index is 399. The van der Waals surface area contributed by atoms with Crippen LogP contribution in [-0.2, 0) is 0 Å². The van der Waals surface area contributed by atoms with Gasteiger partial charge in [-0.2, -0.15) is 0 Å². The number of rotatable bonds is 2. The minimum Gasteiger partial charge on any atom is -0.397 e. The molecule has 0 saturated heterocycles. The number of aromatic nitrogens is 2. The molecule has 1 radical (unpaired) electrons. The molecule has 69 valence electrons. The van der Waals surface area contributed by atoms with E-state index in [-0.39, 0.29) is 0 Å². The summed E-state index contributed by atoms with van der Waals surface area (Å²) in [5.41, 5.74) is 6.20. The fraction of sp³-hybridized carbons (Fsp3) is 0. The number of pyridine rings is 2. The van der Waals surface area contributed by atoms with Crippen LogP contribution in [0, 0.1) is 6.07 Å². The smallest absolute Gasteiger partial charge is 0.101 e. The summed E-state index contributed by atoms with van der Waals surface area (Å²) in [5.74, 6) is 0. The van der Waals surface area contributed by atoms with Crippen molar-refractivity contribution in [3.63, 3.8) is 0 Å².